The maximum absolute atomic E-state index is 11.7. The van der Waals surface area contributed by atoms with Crippen LogP contribution in [0.5, 0.6) is 0 Å². The van der Waals surface area contributed by atoms with Crippen LogP contribution in [0.3, 0.4) is 0 Å². The number of nitrogens with zero attached hydrogens (tertiary/aromatic N) is 1. The molecule has 4 nitrogen and oxygen atoms in total. The maximum Gasteiger partial charge on any atom is 0.305 e. The lowest BCUT2D eigenvalue weighted by Crippen LogP contribution is -2.34. The second-order valence-electron chi connectivity index (χ2n) is 4.06. The molecule has 3 atom stereocenters. The van der Waals surface area contributed by atoms with E-state index in [1.807, 2.05) is 20.8 Å². The molecule has 14 heavy (non-hydrogen) atoms. The lowest BCUT2D eigenvalue weighted by atomic mass is 9.95. The van der Waals surface area contributed by atoms with Crippen LogP contribution in [0.4, 0.5) is 0 Å². The molecule has 80 valence electrons. The number of carboxylic acids is 1. The molecule has 0 saturated carbocycles. The van der Waals surface area contributed by atoms with Crippen LogP contribution in [0.25, 0.3) is 0 Å². The van der Waals surface area contributed by atoms with Gasteiger partial charge in [0.15, 0.2) is 0 Å². The Kier molecular flexibility index (Phi) is 3.13. The summed E-state index contributed by atoms with van der Waals surface area (Å²) in [5, 5.41) is 8.54. The zero-order valence-corrected chi connectivity index (χ0v) is 8.86. The number of aliphatic carboxylic acids is 1. The van der Waals surface area contributed by atoms with Gasteiger partial charge in [-0.1, -0.05) is 13.8 Å². The summed E-state index contributed by atoms with van der Waals surface area (Å²) in [4.78, 5) is 23.8. The predicted molar refractivity (Wildman–Crippen MR) is 51.8 cm³/mol. The molecule has 0 aliphatic carbocycles. The van der Waals surface area contributed by atoms with Crippen LogP contribution in [0.1, 0.15) is 27.2 Å². The fraction of sp³-hybridized carbons (Fsp3) is 0.800. The number of likely N-dealkylation sites (tertiary alicyclic amines) is 1. The van der Waals surface area contributed by atoms with Gasteiger partial charge in [0, 0.05) is 18.5 Å². The smallest absolute Gasteiger partial charge is 0.305 e. The monoisotopic (exact) mass is 199 g/mol. The summed E-state index contributed by atoms with van der Waals surface area (Å²) in [5.74, 6) is -0.418. The van der Waals surface area contributed by atoms with E-state index >= 15 is 0 Å². The summed E-state index contributed by atoms with van der Waals surface area (Å²) in [6.45, 7) is 6.26. The summed E-state index contributed by atoms with van der Waals surface area (Å²) in [5.41, 5.74) is 0. The largest absolute Gasteiger partial charge is 0.481 e. The highest BCUT2D eigenvalue weighted by Crippen LogP contribution is 2.29. The standard InChI is InChI=1S/C10H17NO3/c1-6-7(2)10(14)11(8(6)3)5-4-9(12)13/h6-8H,4-5H2,1-3H3,(H,12,13). The average molecular weight is 199 g/mol. The second-order valence-corrected chi connectivity index (χ2v) is 4.06. The number of hydrogen-bond donors (Lipinski definition) is 1. The van der Waals surface area contributed by atoms with E-state index in [1.165, 1.54) is 0 Å². The highest BCUT2D eigenvalue weighted by Gasteiger charge is 2.40. The Morgan fingerprint density at radius 2 is 2.00 bits per heavy atom. The lowest BCUT2D eigenvalue weighted by Gasteiger charge is -2.22. The van der Waals surface area contributed by atoms with E-state index in [4.69, 9.17) is 5.11 Å². The molecule has 1 aliphatic rings. The first-order chi connectivity index (χ1) is 6.45. The van der Waals surface area contributed by atoms with Gasteiger partial charge in [-0.15, -0.1) is 0 Å². The number of carboxylic acid groups (broad SMARTS) is 1. The number of carbonyl (C=O) groups is 2. The molecular formula is C10H17NO3. The summed E-state index contributed by atoms with van der Waals surface area (Å²) < 4.78 is 0. The van der Waals surface area contributed by atoms with Crippen molar-refractivity contribution in [1.29, 1.82) is 0 Å². The zero-order valence-electron chi connectivity index (χ0n) is 8.86. The average Bonchev–Trinajstić information content (AvgIpc) is 2.29. The van der Waals surface area contributed by atoms with Crippen LogP contribution in [0, 0.1) is 11.8 Å². The van der Waals surface area contributed by atoms with Crippen molar-refractivity contribution in [3.63, 3.8) is 0 Å². The van der Waals surface area contributed by atoms with E-state index in [0.29, 0.717) is 12.5 Å². The third kappa shape index (κ3) is 1.89. The third-order valence-electron chi connectivity index (χ3n) is 3.28. The molecule has 0 spiro atoms. The molecule has 0 aromatic rings. The molecule has 1 heterocycles. The Hall–Kier alpha value is -1.06. The molecule has 0 bridgehead atoms. The Morgan fingerprint density at radius 1 is 1.43 bits per heavy atom. The fourth-order valence-corrected chi connectivity index (χ4v) is 1.92. The van der Waals surface area contributed by atoms with E-state index in [-0.39, 0.29) is 24.3 Å². The Bertz CT molecular complexity index is 252. The first-order valence-electron chi connectivity index (χ1n) is 4.97. The summed E-state index contributed by atoms with van der Waals surface area (Å²) in [7, 11) is 0. The second kappa shape index (κ2) is 3.98. The first kappa shape index (κ1) is 11.0. The molecule has 0 radical (unpaired) electrons. The normalized spacial score (nSPS) is 32.4. The third-order valence-corrected chi connectivity index (χ3v) is 3.28. The van der Waals surface area contributed by atoms with Crippen LogP contribution in [-0.2, 0) is 9.59 Å². The minimum Gasteiger partial charge on any atom is -0.481 e. The first-order valence-corrected chi connectivity index (χ1v) is 4.97. The van der Waals surface area contributed by atoms with Crippen LogP contribution in [0.2, 0.25) is 0 Å². The number of rotatable bonds is 3. The highest BCUT2D eigenvalue weighted by atomic mass is 16.4. The summed E-state index contributed by atoms with van der Waals surface area (Å²) in [6.07, 6.45) is 0.0372. The number of hydrogen-bond acceptors (Lipinski definition) is 2. The van der Waals surface area contributed by atoms with Crippen LogP contribution in [0.15, 0.2) is 0 Å². The van der Waals surface area contributed by atoms with E-state index in [1.54, 1.807) is 4.90 Å². The van der Waals surface area contributed by atoms with Gasteiger partial charge in [0.25, 0.3) is 0 Å². The van der Waals surface area contributed by atoms with Crippen molar-refractivity contribution in [1.82, 2.24) is 4.90 Å². The molecule has 1 amide bonds. The molecule has 3 unspecified atom stereocenters. The summed E-state index contributed by atoms with van der Waals surface area (Å²) in [6, 6.07) is 0.164. The zero-order chi connectivity index (χ0) is 10.9. The topological polar surface area (TPSA) is 57.6 Å². The minimum atomic E-state index is -0.850. The molecule has 1 N–H and O–H groups in total. The number of carbonyl (C=O) groups excluding carboxylic acids is 1. The molecule has 1 fully saturated rings. The Labute approximate surface area is 83.9 Å². The fourth-order valence-electron chi connectivity index (χ4n) is 1.92. The SMILES string of the molecule is CC1C(=O)N(CCC(=O)O)C(C)C1C. The Balaban J connectivity index is 2.61. The van der Waals surface area contributed by atoms with Crippen molar-refractivity contribution in [3.8, 4) is 0 Å². The van der Waals surface area contributed by atoms with Gasteiger partial charge >= 0.3 is 5.97 Å². The van der Waals surface area contributed by atoms with Gasteiger partial charge < -0.3 is 10.0 Å². The van der Waals surface area contributed by atoms with Crippen molar-refractivity contribution in [2.75, 3.05) is 6.54 Å². The van der Waals surface area contributed by atoms with Gasteiger partial charge in [-0.3, -0.25) is 9.59 Å². The summed E-state index contributed by atoms with van der Waals surface area (Å²) >= 11 is 0. The van der Waals surface area contributed by atoms with E-state index in [9.17, 15) is 9.59 Å². The van der Waals surface area contributed by atoms with Gasteiger partial charge in [-0.05, 0) is 12.8 Å². The Morgan fingerprint density at radius 3 is 2.36 bits per heavy atom. The van der Waals surface area contributed by atoms with Gasteiger partial charge in [0.05, 0.1) is 6.42 Å². The van der Waals surface area contributed by atoms with Crippen molar-refractivity contribution in [2.24, 2.45) is 11.8 Å². The van der Waals surface area contributed by atoms with Crippen molar-refractivity contribution < 1.29 is 14.7 Å². The van der Waals surface area contributed by atoms with E-state index in [2.05, 4.69) is 0 Å². The molecule has 1 rings (SSSR count). The molecular weight excluding hydrogens is 182 g/mol. The van der Waals surface area contributed by atoms with Gasteiger partial charge in [0.2, 0.25) is 5.91 Å². The molecule has 0 aromatic heterocycles. The van der Waals surface area contributed by atoms with E-state index in [0.717, 1.165) is 0 Å². The highest BCUT2D eigenvalue weighted by molar-refractivity contribution is 5.82. The minimum absolute atomic E-state index is 0.0267. The van der Waals surface area contributed by atoms with Crippen LogP contribution < -0.4 is 0 Å². The van der Waals surface area contributed by atoms with Gasteiger partial charge in [-0.25, -0.2) is 0 Å². The molecule has 1 aliphatic heterocycles. The molecule has 0 aromatic carbocycles. The maximum atomic E-state index is 11.7. The van der Waals surface area contributed by atoms with Crippen molar-refractivity contribution in [3.05, 3.63) is 0 Å². The molecule has 1 saturated heterocycles. The predicted octanol–water partition coefficient (Wildman–Crippen LogP) is 0.964. The van der Waals surface area contributed by atoms with E-state index < -0.39 is 5.97 Å². The van der Waals surface area contributed by atoms with Gasteiger partial charge in [-0.2, -0.15) is 0 Å². The van der Waals surface area contributed by atoms with Crippen LogP contribution in [-0.4, -0.2) is 34.5 Å². The van der Waals surface area contributed by atoms with Crippen LogP contribution >= 0.6 is 0 Å². The van der Waals surface area contributed by atoms with Crippen molar-refractivity contribution in [2.45, 2.75) is 33.2 Å². The molecule has 4 heteroatoms. The quantitative estimate of drug-likeness (QED) is 0.736. The van der Waals surface area contributed by atoms with Crippen molar-refractivity contribution >= 4 is 11.9 Å². The lowest BCUT2D eigenvalue weighted by molar-refractivity contribution is -0.138. The number of amides is 1. The van der Waals surface area contributed by atoms with Gasteiger partial charge in [0.1, 0.15) is 0 Å².